The summed E-state index contributed by atoms with van der Waals surface area (Å²) in [7, 11) is 0. The monoisotopic (exact) mass is 376 g/mol. The first kappa shape index (κ1) is 17.2. The van der Waals surface area contributed by atoms with Crippen LogP contribution in [0.2, 0.25) is 0 Å². The molecule has 1 saturated carbocycles. The number of hydrogen-bond acceptors (Lipinski definition) is 5. The molecule has 4 heterocycles. The first-order chi connectivity index (χ1) is 13.6. The molecule has 0 bridgehead atoms. The van der Waals surface area contributed by atoms with E-state index in [1.807, 2.05) is 35.2 Å². The predicted octanol–water partition coefficient (Wildman–Crippen LogP) is 3.77. The standard InChI is InChI=1S/C21H24N6O/c1-2-21(28)7-3-15(4-8-21)25-20-23-13-18-17(12-22-19(18)26-20)14-6-10-27-16(11-14)5-9-24-27/h5-6,9-13,15,28H,2-4,7-8H2,1H3,(H2,22,23,25,26). The van der Waals surface area contributed by atoms with Gasteiger partial charge in [-0.05, 0) is 55.9 Å². The van der Waals surface area contributed by atoms with Crippen LogP contribution in [0.3, 0.4) is 0 Å². The Labute approximate surface area is 162 Å². The number of nitrogens with zero attached hydrogens (tertiary/aromatic N) is 4. The number of aromatic nitrogens is 5. The van der Waals surface area contributed by atoms with Crippen LogP contribution in [0.5, 0.6) is 0 Å². The zero-order chi connectivity index (χ0) is 19.1. The summed E-state index contributed by atoms with van der Waals surface area (Å²) < 4.78 is 1.85. The van der Waals surface area contributed by atoms with E-state index in [1.54, 1.807) is 6.20 Å². The minimum atomic E-state index is -0.492. The summed E-state index contributed by atoms with van der Waals surface area (Å²) in [6.07, 6.45) is 12.0. The van der Waals surface area contributed by atoms with E-state index in [0.717, 1.165) is 59.8 Å². The molecule has 4 aromatic heterocycles. The van der Waals surface area contributed by atoms with E-state index in [2.05, 4.69) is 38.4 Å². The van der Waals surface area contributed by atoms with Crippen LogP contribution in [0.25, 0.3) is 27.7 Å². The molecule has 4 aromatic rings. The van der Waals surface area contributed by atoms with Crippen molar-refractivity contribution >= 4 is 22.5 Å². The van der Waals surface area contributed by atoms with Gasteiger partial charge >= 0.3 is 0 Å². The number of hydrogen-bond donors (Lipinski definition) is 3. The number of aromatic amines is 1. The van der Waals surface area contributed by atoms with E-state index in [4.69, 9.17) is 0 Å². The van der Waals surface area contributed by atoms with Gasteiger partial charge in [-0.1, -0.05) is 6.92 Å². The van der Waals surface area contributed by atoms with Crippen molar-refractivity contribution in [1.82, 2.24) is 24.6 Å². The molecule has 1 aliphatic rings. The molecular weight excluding hydrogens is 352 g/mol. The van der Waals surface area contributed by atoms with Gasteiger partial charge in [-0.3, -0.25) is 0 Å². The van der Waals surface area contributed by atoms with Crippen LogP contribution < -0.4 is 5.32 Å². The Balaban J connectivity index is 1.38. The minimum Gasteiger partial charge on any atom is -0.390 e. The lowest BCUT2D eigenvalue weighted by Crippen LogP contribution is -2.38. The molecule has 7 heteroatoms. The van der Waals surface area contributed by atoms with Crippen LogP contribution in [-0.2, 0) is 0 Å². The molecule has 0 radical (unpaired) electrons. The highest BCUT2D eigenvalue weighted by molar-refractivity contribution is 5.94. The summed E-state index contributed by atoms with van der Waals surface area (Å²) in [5.41, 5.74) is 3.57. The van der Waals surface area contributed by atoms with Crippen LogP contribution in [0.15, 0.2) is 43.0 Å². The van der Waals surface area contributed by atoms with Gasteiger partial charge in [-0.2, -0.15) is 10.1 Å². The van der Waals surface area contributed by atoms with Crippen LogP contribution in [0.1, 0.15) is 39.0 Å². The van der Waals surface area contributed by atoms with Gasteiger partial charge in [0.15, 0.2) is 0 Å². The third-order valence-corrected chi connectivity index (χ3v) is 6.05. The Morgan fingerprint density at radius 2 is 2.18 bits per heavy atom. The Kier molecular flexibility index (Phi) is 4.05. The number of fused-ring (bicyclic) bond motifs is 2. The predicted molar refractivity (Wildman–Crippen MR) is 109 cm³/mol. The Bertz CT molecular complexity index is 1120. The van der Waals surface area contributed by atoms with E-state index in [1.165, 1.54) is 0 Å². The smallest absolute Gasteiger partial charge is 0.224 e. The van der Waals surface area contributed by atoms with E-state index >= 15 is 0 Å². The molecular formula is C21H24N6O. The number of aliphatic hydroxyl groups is 1. The van der Waals surface area contributed by atoms with Gasteiger partial charge in [0.2, 0.25) is 5.95 Å². The largest absolute Gasteiger partial charge is 0.390 e. The summed E-state index contributed by atoms with van der Waals surface area (Å²) in [6, 6.07) is 6.45. The maximum Gasteiger partial charge on any atom is 0.224 e. The van der Waals surface area contributed by atoms with Crippen molar-refractivity contribution in [2.24, 2.45) is 0 Å². The number of H-pyrrole nitrogens is 1. The van der Waals surface area contributed by atoms with Crippen molar-refractivity contribution in [3.8, 4) is 11.1 Å². The minimum absolute atomic E-state index is 0.308. The van der Waals surface area contributed by atoms with E-state index < -0.39 is 5.60 Å². The number of rotatable bonds is 4. The average molecular weight is 376 g/mol. The zero-order valence-corrected chi connectivity index (χ0v) is 15.9. The molecule has 3 N–H and O–H groups in total. The van der Waals surface area contributed by atoms with E-state index in [9.17, 15) is 5.11 Å². The van der Waals surface area contributed by atoms with Crippen molar-refractivity contribution in [2.45, 2.75) is 50.7 Å². The van der Waals surface area contributed by atoms with Gasteiger partial charge in [0.05, 0.1) is 11.1 Å². The fourth-order valence-electron chi connectivity index (χ4n) is 4.14. The third-order valence-electron chi connectivity index (χ3n) is 6.05. The van der Waals surface area contributed by atoms with Gasteiger partial charge in [-0.15, -0.1) is 0 Å². The molecule has 0 saturated heterocycles. The molecule has 0 amide bonds. The normalized spacial score (nSPS) is 22.7. The molecule has 7 nitrogen and oxygen atoms in total. The van der Waals surface area contributed by atoms with Crippen molar-refractivity contribution in [1.29, 1.82) is 0 Å². The number of nitrogens with one attached hydrogen (secondary N) is 2. The Morgan fingerprint density at radius 1 is 1.32 bits per heavy atom. The maximum absolute atomic E-state index is 10.4. The molecule has 0 aromatic carbocycles. The average Bonchev–Trinajstić information content (AvgIpc) is 3.35. The first-order valence-electron chi connectivity index (χ1n) is 9.90. The molecule has 5 rings (SSSR count). The Morgan fingerprint density at radius 3 is 3.00 bits per heavy atom. The highest BCUT2D eigenvalue weighted by Gasteiger charge is 2.31. The van der Waals surface area contributed by atoms with Gasteiger partial charge < -0.3 is 15.4 Å². The molecule has 1 aliphatic carbocycles. The van der Waals surface area contributed by atoms with Crippen LogP contribution in [-0.4, -0.2) is 41.3 Å². The molecule has 28 heavy (non-hydrogen) atoms. The van der Waals surface area contributed by atoms with E-state index in [0.29, 0.717) is 12.0 Å². The van der Waals surface area contributed by atoms with Crippen LogP contribution in [0, 0.1) is 0 Å². The SMILES string of the molecule is CCC1(O)CCC(Nc2ncc3c(-c4ccn5nccc5c4)c[nH]c3n2)CC1. The first-order valence-corrected chi connectivity index (χ1v) is 9.90. The topological polar surface area (TPSA) is 91.1 Å². The summed E-state index contributed by atoms with van der Waals surface area (Å²) in [5, 5.41) is 19.1. The van der Waals surface area contributed by atoms with Gasteiger partial charge in [-0.25, -0.2) is 9.50 Å². The molecule has 1 fully saturated rings. The van der Waals surface area contributed by atoms with Gasteiger partial charge in [0.25, 0.3) is 0 Å². The third kappa shape index (κ3) is 3.01. The second-order valence-electron chi connectivity index (χ2n) is 7.77. The fourth-order valence-corrected chi connectivity index (χ4v) is 4.14. The molecule has 0 aliphatic heterocycles. The van der Waals surface area contributed by atoms with Crippen LogP contribution >= 0.6 is 0 Å². The van der Waals surface area contributed by atoms with Crippen molar-refractivity contribution in [2.75, 3.05) is 5.32 Å². The lowest BCUT2D eigenvalue weighted by molar-refractivity contribution is -0.00197. The highest BCUT2D eigenvalue weighted by Crippen LogP contribution is 2.32. The van der Waals surface area contributed by atoms with Crippen molar-refractivity contribution in [3.63, 3.8) is 0 Å². The molecule has 0 atom stereocenters. The summed E-state index contributed by atoms with van der Waals surface area (Å²) in [6.45, 7) is 2.05. The van der Waals surface area contributed by atoms with Crippen molar-refractivity contribution < 1.29 is 5.11 Å². The quantitative estimate of drug-likeness (QED) is 0.504. The van der Waals surface area contributed by atoms with Crippen LogP contribution in [0.4, 0.5) is 5.95 Å². The molecule has 144 valence electrons. The van der Waals surface area contributed by atoms with Gasteiger partial charge in [0.1, 0.15) is 5.65 Å². The lowest BCUT2D eigenvalue weighted by atomic mass is 9.80. The molecule has 0 unspecified atom stereocenters. The van der Waals surface area contributed by atoms with Crippen molar-refractivity contribution in [3.05, 3.63) is 43.0 Å². The highest BCUT2D eigenvalue weighted by atomic mass is 16.3. The second-order valence-corrected chi connectivity index (χ2v) is 7.77. The fraction of sp³-hybridized carbons (Fsp3) is 0.381. The maximum atomic E-state index is 10.4. The number of pyridine rings is 1. The second kappa shape index (κ2) is 6.60. The summed E-state index contributed by atoms with van der Waals surface area (Å²) in [5.74, 6) is 0.638. The molecule has 0 spiro atoms. The summed E-state index contributed by atoms with van der Waals surface area (Å²) >= 11 is 0. The summed E-state index contributed by atoms with van der Waals surface area (Å²) in [4.78, 5) is 12.5. The lowest BCUT2D eigenvalue weighted by Gasteiger charge is -2.35. The Hall–Kier alpha value is -2.93. The van der Waals surface area contributed by atoms with Gasteiger partial charge in [0, 0.05) is 41.8 Å². The zero-order valence-electron chi connectivity index (χ0n) is 15.9. The number of anilines is 1. The van der Waals surface area contributed by atoms with E-state index in [-0.39, 0.29) is 0 Å².